The van der Waals surface area contributed by atoms with Gasteiger partial charge in [0.2, 0.25) is 11.8 Å². The number of anilines is 2. The number of benzene rings is 1. The Morgan fingerprint density at radius 3 is 2.67 bits per heavy atom. The Morgan fingerprint density at radius 2 is 1.96 bits per heavy atom. The van der Waals surface area contributed by atoms with Gasteiger partial charge in [-0.3, -0.25) is 9.59 Å². The van der Waals surface area contributed by atoms with Gasteiger partial charge in [-0.05, 0) is 51.5 Å². The molecule has 24 heavy (non-hydrogen) atoms. The zero-order valence-electron chi connectivity index (χ0n) is 14.4. The predicted molar refractivity (Wildman–Crippen MR) is 94.2 cm³/mol. The number of aryl methyl sites for hydroxylation is 2. The number of hydrogen-bond donors (Lipinski definition) is 1. The second-order valence-electron chi connectivity index (χ2n) is 6.75. The molecule has 2 heterocycles. The summed E-state index contributed by atoms with van der Waals surface area (Å²) in [5.41, 5.74) is 3.08. The molecular formula is C19H21N3O2. The van der Waals surface area contributed by atoms with E-state index in [1.807, 2.05) is 58.0 Å². The van der Waals surface area contributed by atoms with Gasteiger partial charge in [-0.2, -0.15) is 0 Å². The van der Waals surface area contributed by atoms with Crippen LogP contribution in [0.2, 0.25) is 0 Å². The maximum Gasteiger partial charge on any atom is 0.245 e. The lowest BCUT2D eigenvalue weighted by Gasteiger charge is -2.20. The van der Waals surface area contributed by atoms with E-state index >= 15 is 0 Å². The maximum absolute atomic E-state index is 12.8. The number of nitrogens with one attached hydrogen (secondary N) is 1. The highest BCUT2D eigenvalue weighted by Crippen LogP contribution is 2.41. The number of carbonyl (C=O) groups is 2. The first kappa shape index (κ1) is 16.2. The Kier molecular flexibility index (Phi) is 3.87. The van der Waals surface area contributed by atoms with Crippen LogP contribution in [0.4, 0.5) is 11.5 Å². The lowest BCUT2D eigenvalue weighted by Crippen LogP contribution is -2.40. The van der Waals surface area contributed by atoms with Crippen LogP contribution >= 0.6 is 0 Å². The summed E-state index contributed by atoms with van der Waals surface area (Å²) in [6.07, 6.45) is 0. The van der Waals surface area contributed by atoms with E-state index in [1.54, 1.807) is 11.0 Å². The molecule has 1 aromatic heterocycles. The van der Waals surface area contributed by atoms with E-state index in [1.165, 1.54) is 0 Å². The SMILES string of the molecule is Cc1ccc2c(c1)C(C)(C)C(=O)N2CC(=O)Nc1cccc(C)n1. The molecule has 1 aromatic carbocycles. The van der Waals surface area contributed by atoms with Crippen LogP contribution in [-0.2, 0) is 15.0 Å². The van der Waals surface area contributed by atoms with Crippen LogP contribution in [0.3, 0.4) is 0 Å². The minimum atomic E-state index is -0.622. The molecule has 0 radical (unpaired) electrons. The standard InChI is InChI=1S/C19H21N3O2/c1-12-8-9-15-14(10-12)19(3,4)18(24)22(15)11-17(23)21-16-7-5-6-13(2)20-16/h5-10H,11H2,1-4H3,(H,20,21,23). The maximum atomic E-state index is 12.8. The van der Waals surface area contributed by atoms with E-state index in [-0.39, 0.29) is 18.4 Å². The van der Waals surface area contributed by atoms with Crippen molar-refractivity contribution in [1.82, 2.24) is 4.98 Å². The van der Waals surface area contributed by atoms with Crippen molar-refractivity contribution in [2.45, 2.75) is 33.1 Å². The summed E-state index contributed by atoms with van der Waals surface area (Å²) in [7, 11) is 0. The molecule has 3 rings (SSSR count). The van der Waals surface area contributed by atoms with Crippen LogP contribution in [0, 0.1) is 13.8 Å². The van der Waals surface area contributed by atoms with Gasteiger partial charge in [0.25, 0.3) is 0 Å². The van der Waals surface area contributed by atoms with E-state index < -0.39 is 5.41 Å². The van der Waals surface area contributed by atoms with Crippen molar-refractivity contribution in [1.29, 1.82) is 0 Å². The van der Waals surface area contributed by atoms with Crippen molar-refractivity contribution in [2.24, 2.45) is 0 Å². The first-order valence-electron chi connectivity index (χ1n) is 7.95. The van der Waals surface area contributed by atoms with Gasteiger partial charge in [0.05, 0.1) is 5.41 Å². The van der Waals surface area contributed by atoms with E-state index in [0.29, 0.717) is 5.82 Å². The minimum absolute atomic E-state index is 0.0199. The molecule has 0 saturated carbocycles. The third kappa shape index (κ3) is 2.77. The predicted octanol–water partition coefficient (Wildman–Crippen LogP) is 2.96. The van der Waals surface area contributed by atoms with Crippen molar-refractivity contribution < 1.29 is 9.59 Å². The number of aromatic nitrogens is 1. The summed E-state index contributed by atoms with van der Waals surface area (Å²) in [5.74, 6) is 0.177. The van der Waals surface area contributed by atoms with E-state index in [4.69, 9.17) is 0 Å². The molecular weight excluding hydrogens is 302 g/mol. The molecule has 0 bridgehead atoms. The molecule has 124 valence electrons. The van der Waals surface area contributed by atoms with Crippen LogP contribution in [0.25, 0.3) is 0 Å². The van der Waals surface area contributed by atoms with Gasteiger partial charge >= 0.3 is 0 Å². The fourth-order valence-electron chi connectivity index (χ4n) is 3.04. The lowest BCUT2D eigenvalue weighted by atomic mass is 9.85. The molecule has 2 aromatic rings. The molecule has 0 fully saturated rings. The van der Waals surface area contributed by atoms with E-state index in [9.17, 15) is 9.59 Å². The second kappa shape index (κ2) is 5.74. The van der Waals surface area contributed by atoms with E-state index in [0.717, 1.165) is 22.5 Å². The average molecular weight is 323 g/mol. The highest BCUT2D eigenvalue weighted by Gasteiger charge is 2.44. The monoisotopic (exact) mass is 323 g/mol. The summed E-state index contributed by atoms with van der Waals surface area (Å²) in [4.78, 5) is 30.9. The van der Waals surface area contributed by atoms with Crippen molar-refractivity contribution in [3.8, 4) is 0 Å². The summed E-state index contributed by atoms with van der Waals surface area (Å²) >= 11 is 0. The van der Waals surface area contributed by atoms with Crippen molar-refractivity contribution >= 4 is 23.3 Å². The summed E-state index contributed by atoms with van der Waals surface area (Å²) in [5, 5.41) is 2.76. The molecule has 1 aliphatic rings. The van der Waals surface area contributed by atoms with Gasteiger partial charge in [0.1, 0.15) is 12.4 Å². The van der Waals surface area contributed by atoms with Gasteiger partial charge in [0.15, 0.2) is 0 Å². The van der Waals surface area contributed by atoms with Gasteiger partial charge in [-0.25, -0.2) is 4.98 Å². The Morgan fingerprint density at radius 1 is 1.21 bits per heavy atom. The van der Waals surface area contributed by atoms with Crippen molar-refractivity contribution in [3.05, 3.63) is 53.2 Å². The summed E-state index contributed by atoms with van der Waals surface area (Å²) < 4.78 is 0. The molecule has 5 nitrogen and oxygen atoms in total. The number of fused-ring (bicyclic) bond motifs is 1. The van der Waals surface area contributed by atoms with Crippen LogP contribution in [-0.4, -0.2) is 23.3 Å². The fraction of sp³-hybridized carbons (Fsp3) is 0.316. The number of amides is 2. The van der Waals surface area contributed by atoms with Gasteiger partial charge < -0.3 is 10.2 Å². The number of rotatable bonds is 3. The Balaban J connectivity index is 1.83. The number of carbonyl (C=O) groups excluding carboxylic acids is 2. The smallest absolute Gasteiger partial charge is 0.245 e. The largest absolute Gasteiger partial charge is 0.309 e. The summed E-state index contributed by atoms with van der Waals surface area (Å²) in [6, 6.07) is 11.3. The Bertz CT molecular complexity index is 827. The molecule has 1 aliphatic heterocycles. The number of pyridine rings is 1. The average Bonchev–Trinajstić information content (AvgIpc) is 2.68. The van der Waals surface area contributed by atoms with Gasteiger partial charge in [-0.15, -0.1) is 0 Å². The lowest BCUT2D eigenvalue weighted by molar-refractivity contribution is -0.124. The zero-order valence-corrected chi connectivity index (χ0v) is 14.4. The highest BCUT2D eigenvalue weighted by atomic mass is 16.2. The molecule has 0 unspecified atom stereocenters. The Labute approximate surface area is 141 Å². The minimum Gasteiger partial charge on any atom is -0.309 e. The fourth-order valence-corrected chi connectivity index (χ4v) is 3.04. The third-order valence-corrected chi connectivity index (χ3v) is 4.35. The molecule has 2 amide bonds. The van der Waals surface area contributed by atoms with Crippen LogP contribution in [0.15, 0.2) is 36.4 Å². The highest BCUT2D eigenvalue weighted by molar-refractivity contribution is 6.11. The second-order valence-corrected chi connectivity index (χ2v) is 6.75. The Hall–Kier alpha value is -2.69. The third-order valence-electron chi connectivity index (χ3n) is 4.35. The molecule has 1 N–H and O–H groups in total. The van der Waals surface area contributed by atoms with Gasteiger partial charge in [0, 0.05) is 11.4 Å². The molecule has 0 atom stereocenters. The zero-order chi connectivity index (χ0) is 17.5. The first-order chi connectivity index (χ1) is 11.3. The number of hydrogen-bond acceptors (Lipinski definition) is 3. The van der Waals surface area contributed by atoms with Crippen LogP contribution in [0.5, 0.6) is 0 Å². The molecule has 5 heteroatoms. The van der Waals surface area contributed by atoms with Gasteiger partial charge in [-0.1, -0.05) is 23.8 Å². The molecule has 0 saturated heterocycles. The van der Waals surface area contributed by atoms with Crippen LogP contribution in [0.1, 0.15) is 30.7 Å². The summed E-state index contributed by atoms with van der Waals surface area (Å²) in [6.45, 7) is 7.63. The topological polar surface area (TPSA) is 62.3 Å². The molecule has 0 spiro atoms. The quantitative estimate of drug-likeness (QED) is 0.944. The first-order valence-corrected chi connectivity index (χ1v) is 7.95. The normalized spacial score (nSPS) is 15.3. The van der Waals surface area contributed by atoms with Crippen molar-refractivity contribution in [3.63, 3.8) is 0 Å². The number of nitrogens with zero attached hydrogens (tertiary/aromatic N) is 2. The van der Waals surface area contributed by atoms with Crippen LogP contribution < -0.4 is 10.2 Å². The van der Waals surface area contributed by atoms with E-state index in [2.05, 4.69) is 10.3 Å². The molecule has 0 aliphatic carbocycles. The van der Waals surface area contributed by atoms with Crippen molar-refractivity contribution in [2.75, 3.05) is 16.8 Å².